The van der Waals surface area contributed by atoms with Gasteiger partial charge in [-0.3, -0.25) is 9.59 Å². The van der Waals surface area contributed by atoms with Gasteiger partial charge < -0.3 is 24.1 Å². The third-order valence-electron chi connectivity index (χ3n) is 7.32. The summed E-state index contributed by atoms with van der Waals surface area (Å²) < 4.78 is 15.8. The molecule has 1 aromatic heterocycles. The van der Waals surface area contributed by atoms with Crippen molar-refractivity contribution in [3.63, 3.8) is 0 Å². The first kappa shape index (κ1) is 30.9. The summed E-state index contributed by atoms with van der Waals surface area (Å²) >= 11 is 15.0. The molecule has 1 atom stereocenters. The quantitative estimate of drug-likeness (QED) is 0.125. The number of rotatable bonds is 10. The minimum Gasteiger partial charge on any atom is -0.464 e. The van der Waals surface area contributed by atoms with Gasteiger partial charge in [0, 0.05) is 42.5 Å². The Hall–Kier alpha value is -3.50. The highest BCUT2D eigenvalue weighted by Crippen LogP contribution is 2.35. The molecule has 5 rings (SSSR count). The van der Waals surface area contributed by atoms with Gasteiger partial charge in [-0.2, -0.15) is 0 Å². The van der Waals surface area contributed by atoms with E-state index in [1.54, 1.807) is 41.1 Å². The average molecular weight is 642 g/mol. The van der Waals surface area contributed by atoms with Crippen LogP contribution in [0.15, 0.2) is 70.2 Å². The summed E-state index contributed by atoms with van der Waals surface area (Å²) in [6.07, 6.45) is 4.20. The normalized spacial score (nSPS) is 13.4. The Kier molecular flexibility index (Phi) is 9.97. The molecule has 224 valence electrons. The maximum Gasteiger partial charge on any atom is 0.329 e. The van der Waals surface area contributed by atoms with Gasteiger partial charge in [-0.05, 0) is 65.8 Å². The van der Waals surface area contributed by atoms with Crippen molar-refractivity contribution in [1.82, 2.24) is 10.2 Å². The van der Waals surface area contributed by atoms with Crippen LogP contribution in [0.2, 0.25) is 10.0 Å². The Morgan fingerprint density at radius 1 is 1.09 bits per heavy atom. The maximum absolute atomic E-state index is 13.6. The molecule has 8 nitrogen and oxygen atoms in total. The molecule has 0 spiro atoms. The van der Waals surface area contributed by atoms with Crippen LogP contribution in [-0.2, 0) is 33.7 Å². The number of thioether (sulfide) groups is 1. The predicted molar refractivity (Wildman–Crippen MR) is 167 cm³/mol. The second-order valence-corrected chi connectivity index (χ2v) is 11.7. The number of furan rings is 1. The van der Waals surface area contributed by atoms with E-state index in [-0.39, 0.29) is 47.7 Å². The lowest BCUT2D eigenvalue weighted by molar-refractivity contribution is -0.147. The smallest absolute Gasteiger partial charge is 0.329 e. The molecule has 0 saturated carbocycles. The number of ether oxygens (including phenoxy) is 2. The highest BCUT2D eigenvalue weighted by molar-refractivity contribution is 7.98. The Morgan fingerprint density at radius 2 is 1.93 bits per heavy atom. The average Bonchev–Trinajstić information content (AvgIpc) is 3.48. The van der Waals surface area contributed by atoms with E-state index in [1.165, 1.54) is 7.11 Å². The van der Waals surface area contributed by atoms with Crippen molar-refractivity contribution < 1.29 is 28.3 Å². The number of fused-ring (bicyclic) bond motifs is 2. The fourth-order valence-corrected chi connectivity index (χ4v) is 6.34. The second-order valence-electron chi connectivity index (χ2n) is 10.1. The highest BCUT2D eigenvalue weighted by atomic mass is 35.5. The first-order valence-corrected chi connectivity index (χ1v) is 15.6. The molecule has 0 fully saturated rings. The molecule has 0 radical (unpaired) electrons. The molecule has 43 heavy (non-hydrogen) atoms. The third kappa shape index (κ3) is 7.02. The largest absolute Gasteiger partial charge is 0.464 e. The summed E-state index contributed by atoms with van der Waals surface area (Å²) in [4.78, 5) is 42.6. The molecule has 2 heterocycles. The zero-order valence-electron chi connectivity index (χ0n) is 23.7. The molecule has 0 saturated heterocycles. The van der Waals surface area contributed by atoms with Gasteiger partial charge in [-0.15, -0.1) is 11.8 Å². The van der Waals surface area contributed by atoms with Crippen LogP contribution in [0.3, 0.4) is 0 Å². The lowest BCUT2D eigenvalue weighted by Crippen LogP contribution is -2.44. The van der Waals surface area contributed by atoms with Crippen molar-refractivity contribution in [2.24, 2.45) is 0 Å². The van der Waals surface area contributed by atoms with Gasteiger partial charge in [0.2, 0.25) is 0 Å². The van der Waals surface area contributed by atoms with Gasteiger partial charge >= 0.3 is 5.97 Å². The molecule has 0 bridgehead atoms. The van der Waals surface area contributed by atoms with Crippen LogP contribution in [0.4, 0.5) is 0 Å². The van der Waals surface area contributed by atoms with Gasteiger partial charge in [-0.25, -0.2) is 4.79 Å². The zero-order chi connectivity index (χ0) is 30.5. The molecule has 11 heteroatoms. The van der Waals surface area contributed by atoms with Crippen molar-refractivity contribution >= 4 is 63.7 Å². The number of nitrogens with zero attached hydrogens (tertiary/aromatic N) is 1. The van der Waals surface area contributed by atoms with E-state index < -0.39 is 17.9 Å². The summed E-state index contributed by atoms with van der Waals surface area (Å²) in [7, 11) is 1.51. The fraction of sp³-hybridized carbons (Fsp3) is 0.281. The Morgan fingerprint density at radius 3 is 2.72 bits per heavy atom. The summed E-state index contributed by atoms with van der Waals surface area (Å²) in [5, 5.41) is 4.05. The van der Waals surface area contributed by atoms with Gasteiger partial charge in [0.05, 0.1) is 28.5 Å². The van der Waals surface area contributed by atoms with Crippen molar-refractivity contribution in [2.75, 3.05) is 33.1 Å². The summed E-state index contributed by atoms with van der Waals surface area (Å²) in [6.45, 7) is 0.974. The number of esters is 1. The topological polar surface area (TPSA) is 98.1 Å². The number of carbonyl (C=O) groups excluding carboxylic acids is 3. The van der Waals surface area contributed by atoms with Gasteiger partial charge in [0.1, 0.15) is 18.2 Å². The molecule has 4 aromatic rings. The standard InChI is InChI=1S/C32H30Cl2N2O6S/c1-40-12-13-42-32(39)26(15-19-4-3-5-23(14-19)43-2)35-30(37)28-25(33)16-22-18-36(10-8-24(22)29(28)34)31(38)21-7-6-20-9-11-41-27(20)17-21/h3-7,9,11,14,16-17,26H,8,10,12-13,15,18H2,1-2H3,(H,35,37)/t26-/m0/s1. The minimum atomic E-state index is -0.982. The monoisotopic (exact) mass is 640 g/mol. The van der Waals surface area contributed by atoms with Crippen LogP contribution >= 0.6 is 35.0 Å². The number of amides is 2. The number of halogens is 2. The number of hydrogen-bond acceptors (Lipinski definition) is 7. The van der Waals surface area contributed by atoms with E-state index in [2.05, 4.69) is 5.32 Å². The molecule has 2 amide bonds. The molecule has 0 aliphatic carbocycles. The maximum atomic E-state index is 13.6. The lowest BCUT2D eigenvalue weighted by atomic mass is 9.95. The Labute approximate surface area is 263 Å². The molecular formula is C32H30Cl2N2O6S. The molecular weight excluding hydrogens is 611 g/mol. The minimum absolute atomic E-state index is 0.0531. The summed E-state index contributed by atoms with van der Waals surface area (Å²) in [5.41, 5.74) is 3.61. The number of benzene rings is 3. The summed E-state index contributed by atoms with van der Waals surface area (Å²) in [6, 6.07) is 15.6. The number of nitrogens with one attached hydrogen (secondary N) is 1. The van der Waals surface area contributed by atoms with Crippen molar-refractivity contribution in [3.05, 3.63) is 98.7 Å². The zero-order valence-corrected chi connectivity index (χ0v) is 26.0. The lowest BCUT2D eigenvalue weighted by Gasteiger charge is -2.30. The van der Waals surface area contributed by atoms with E-state index in [0.717, 1.165) is 27.0 Å². The molecule has 0 unspecified atom stereocenters. The Bertz CT molecular complexity index is 1670. The first-order chi connectivity index (χ1) is 20.8. The van der Waals surface area contributed by atoms with Crippen LogP contribution in [-0.4, -0.2) is 61.8 Å². The second kappa shape index (κ2) is 13.9. The number of hydrogen-bond donors (Lipinski definition) is 1. The van der Waals surface area contributed by atoms with Gasteiger partial charge in [-0.1, -0.05) is 41.4 Å². The van der Waals surface area contributed by atoms with Crippen LogP contribution in [0.5, 0.6) is 0 Å². The van der Waals surface area contributed by atoms with Crippen molar-refractivity contribution in [3.8, 4) is 0 Å². The number of carbonyl (C=O) groups is 3. The third-order valence-corrected chi connectivity index (χ3v) is 8.76. The van der Waals surface area contributed by atoms with Crippen LogP contribution < -0.4 is 5.32 Å². The van der Waals surface area contributed by atoms with Gasteiger partial charge in [0.15, 0.2) is 0 Å². The Balaban J connectivity index is 1.35. The fourth-order valence-electron chi connectivity index (χ4n) is 5.09. The van der Waals surface area contributed by atoms with E-state index in [9.17, 15) is 14.4 Å². The highest BCUT2D eigenvalue weighted by Gasteiger charge is 2.30. The SMILES string of the molecule is COCCOC(=O)[C@H](Cc1cccc(SC)c1)NC(=O)c1c(Cl)cc2c(c1Cl)CCN(C(=O)c1ccc3ccoc3c1)C2. The predicted octanol–water partition coefficient (Wildman–Crippen LogP) is 6.19. The molecule has 3 aromatic carbocycles. The molecule has 1 aliphatic rings. The van der Waals surface area contributed by atoms with Crippen LogP contribution in [0.1, 0.15) is 37.4 Å². The first-order valence-electron chi connectivity index (χ1n) is 13.6. The molecule has 1 N–H and O–H groups in total. The van der Waals surface area contributed by atoms with Crippen molar-refractivity contribution in [1.29, 1.82) is 0 Å². The number of methoxy groups -OCH3 is 1. The molecule has 1 aliphatic heterocycles. The van der Waals surface area contributed by atoms with E-state index >= 15 is 0 Å². The van der Waals surface area contributed by atoms with E-state index in [4.69, 9.17) is 37.1 Å². The van der Waals surface area contributed by atoms with Crippen LogP contribution in [0, 0.1) is 0 Å². The van der Waals surface area contributed by atoms with Crippen molar-refractivity contribution in [2.45, 2.75) is 30.3 Å². The van der Waals surface area contributed by atoms with E-state index in [1.807, 2.05) is 42.7 Å². The van der Waals surface area contributed by atoms with E-state index in [0.29, 0.717) is 24.1 Å². The van der Waals surface area contributed by atoms with Gasteiger partial charge in [0.25, 0.3) is 11.8 Å². The summed E-state index contributed by atoms with van der Waals surface area (Å²) in [5.74, 6) is -1.32. The van der Waals surface area contributed by atoms with Crippen LogP contribution in [0.25, 0.3) is 11.0 Å².